The molecule has 1 radical (unpaired) electrons. The van der Waals surface area contributed by atoms with Gasteiger partial charge in [0.15, 0.2) is 0 Å². The molecular weight excluding hydrogens is 234 g/mol. The van der Waals surface area contributed by atoms with Gasteiger partial charge in [-0.3, -0.25) is 9.59 Å². The SMILES string of the molecule is NCCC(=O)OC[CH]COC(=O)C1CCCCC1. The van der Waals surface area contributed by atoms with Crippen molar-refractivity contribution in [2.75, 3.05) is 19.8 Å². The minimum atomic E-state index is -0.327. The van der Waals surface area contributed by atoms with Crippen LogP contribution in [0.15, 0.2) is 0 Å². The number of hydrogen-bond donors (Lipinski definition) is 1. The Balaban J connectivity index is 2.00. The van der Waals surface area contributed by atoms with Crippen LogP contribution in [0, 0.1) is 12.3 Å². The molecular formula is C13H22NO4. The number of carbonyl (C=O) groups is 2. The molecule has 0 aliphatic heterocycles. The normalized spacial score (nSPS) is 16.3. The summed E-state index contributed by atoms with van der Waals surface area (Å²) in [5, 5.41) is 0. The predicted octanol–water partition coefficient (Wildman–Crippen LogP) is 1.21. The standard InChI is InChI=1S/C13H22NO4/c14-8-7-12(15)17-9-4-10-18-13(16)11-5-2-1-3-6-11/h4,11H,1-3,5-10,14H2. The van der Waals surface area contributed by atoms with Gasteiger partial charge < -0.3 is 15.2 Å². The lowest BCUT2D eigenvalue weighted by molar-refractivity contribution is -0.149. The molecule has 1 saturated carbocycles. The Hall–Kier alpha value is -1.10. The largest absolute Gasteiger partial charge is 0.465 e. The Kier molecular flexibility index (Phi) is 7.41. The lowest BCUT2D eigenvalue weighted by atomic mass is 9.89. The van der Waals surface area contributed by atoms with Crippen molar-refractivity contribution in [3.8, 4) is 0 Å². The second-order valence-corrected chi connectivity index (χ2v) is 4.48. The fourth-order valence-corrected chi connectivity index (χ4v) is 1.99. The van der Waals surface area contributed by atoms with Crippen molar-refractivity contribution in [3.05, 3.63) is 6.42 Å². The minimum Gasteiger partial charge on any atom is -0.465 e. The van der Waals surface area contributed by atoms with Crippen LogP contribution < -0.4 is 5.73 Å². The van der Waals surface area contributed by atoms with E-state index in [2.05, 4.69) is 0 Å². The molecule has 1 rings (SSSR count). The summed E-state index contributed by atoms with van der Waals surface area (Å²) in [7, 11) is 0. The Labute approximate surface area is 108 Å². The number of ether oxygens (including phenoxy) is 2. The van der Waals surface area contributed by atoms with Crippen molar-refractivity contribution in [1.82, 2.24) is 0 Å². The predicted molar refractivity (Wildman–Crippen MR) is 66.5 cm³/mol. The Bertz CT molecular complexity index is 262. The molecule has 0 unspecified atom stereocenters. The third-order valence-electron chi connectivity index (χ3n) is 2.99. The molecule has 0 amide bonds. The van der Waals surface area contributed by atoms with Gasteiger partial charge in [-0.1, -0.05) is 19.3 Å². The highest BCUT2D eigenvalue weighted by Gasteiger charge is 2.22. The number of esters is 2. The highest BCUT2D eigenvalue weighted by molar-refractivity contribution is 5.72. The molecule has 0 heterocycles. The Morgan fingerprint density at radius 1 is 1.11 bits per heavy atom. The highest BCUT2D eigenvalue weighted by Crippen LogP contribution is 2.24. The summed E-state index contributed by atoms with van der Waals surface area (Å²) in [6.07, 6.45) is 7.16. The van der Waals surface area contributed by atoms with Crippen LogP contribution in [0.5, 0.6) is 0 Å². The molecule has 2 N–H and O–H groups in total. The lowest BCUT2D eigenvalue weighted by Crippen LogP contribution is -2.21. The van der Waals surface area contributed by atoms with Crippen molar-refractivity contribution in [2.24, 2.45) is 11.7 Å². The van der Waals surface area contributed by atoms with Crippen molar-refractivity contribution < 1.29 is 19.1 Å². The summed E-state index contributed by atoms with van der Waals surface area (Å²) in [5.74, 6) is -0.390. The summed E-state index contributed by atoms with van der Waals surface area (Å²) < 4.78 is 9.96. The molecule has 5 heteroatoms. The molecule has 18 heavy (non-hydrogen) atoms. The quantitative estimate of drug-likeness (QED) is 0.547. The van der Waals surface area contributed by atoms with E-state index in [-0.39, 0.29) is 44.0 Å². The van der Waals surface area contributed by atoms with E-state index >= 15 is 0 Å². The fourth-order valence-electron chi connectivity index (χ4n) is 1.99. The third kappa shape index (κ3) is 6.00. The molecule has 103 valence electrons. The lowest BCUT2D eigenvalue weighted by Gasteiger charge is -2.19. The van der Waals surface area contributed by atoms with Crippen molar-refractivity contribution in [2.45, 2.75) is 38.5 Å². The van der Waals surface area contributed by atoms with Gasteiger partial charge in [0.05, 0.1) is 25.6 Å². The molecule has 0 saturated heterocycles. The van der Waals surface area contributed by atoms with Crippen LogP contribution in [-0.4, -0.2) is 31.7 Å². The van der Waals surface area contributed by atoms with E-state index in [0.717, 1.165) is 25.7 Å². The van der Waals surface area contributed by atoms with Gasteiger partial charge in [-0.15, -0.1) is 0 Å². The van der Waals surface area contributed by atoms with E-state index in [0.29, 0.717) is 0 Å². The maximum atomic E-state index is 11.6. The van der Waals surface area contributed by atoms with E-state index in [1.54, 1.807) is 6.42 Å². The van der Waals surface area contributed by atoms with Crippen LogP contribution in [-0.2, 0) is 19.1 Å². The molecule has 0 aromatic heterocycles. The molecule has 1 fully saturated rings. The van der Waals surface area contributed by atoms with E-state index in [1.165, 1.54) is 6.42 Å². The summed E-state index contributed by atoms with van der Waals surface area (Å²) >= 11 is 0. The Morgan fingerprint density at radius 3 is 2.44 bits per heavy atom. The van der Waals surface area contributed by atoms with E-state index < -0.39 is 0 Å². The summed E-state index contributed by atoms with van der Waals surface area (Å²) in [6.45, 7) is 0.650. The van der Waals surface area contributed by atoms with E-state index in [4.69, 9.17) is 15.2 Å². The molecule has 0 bridgehead atoms. The van der Waals surface area contributed by atoms with Crippen LogP contribution in [0.3, 0.4) is 0 Å². The first-order valence-electron chi connectivity index (χ1n) is 6.58. The maximum Gasteiger partial charge on any atom is 0.308 e. The van der Waals surface area contributed by atoms with Crippen LogP contribution in [0.4, 0.5) is 0 Å². The number of hydrogen-bond acceptors (Lipinski definition) is 5. The molecule has 0 aromatic carbocycles. The van der Waals surface area contributed by atoms with E-state index in [9.17, 15) is 9.59 Å². The average Bonchev–Trinajstić information content (AvgIpc) is 2.39. The third-order valence-corrected chi connectivity index (χ3v) is 2.99. The number of nitrogens with two attached hydrogens (primary N) is 1. The number of rotatable bonds is 7. The van der Waals surface area contributed by atoms with Gasteiger partial charge in [0.2, 0.25) is 0 Å². The van der Waals surface area contributed by atoms with Crippen LogP contribution in [0.25, 0.3) is 0 Å². The smallest absolute Gasteiger partial charge is 0.308 e. The molecule has 0 spiro atoms. The maximum absolute atomic E-state index is 11.6. The molecule has 1 aliphatic carbocycles. The fraction of sp³-hybridized carbons (Fsp3) is 0.769. The van der Waals surface area contributed by atoms with E-state index in [1.807, 2.05) is 0 Å². The number of carbonyl (C=O) groups excluding carboxylic acids is 2. The van der Waals surface area contributed by atoms with Gasteiger partial charge >= 0.3 is 11.9 Å². The summed E-state index contributed by atoms with van der Waals surface area (Å²) in [5.41, 5.74) is 5.20. The van der Waals surface area contributed by atoms with Crippen LogP contribution in [0.1, 0.15) is 38.5 Å². The summed E-state index contributed by atoms with van der Waals surface area (Å²) in [6, 6.07) is 0. The van der Waals surface area contributed by atoms with Crippen LogP contribution in [0.2, 0.25) is 0 Å². The molecule has 5 nitrogen and oxygen atoms in total. The van der Waals surface area contributed by atoms with Crippen molar-refractivity contribution in [1.29, 1.82) is 0 Å². The molecule has 1 aliphatic rings. The first-order valence-corrected chi connectivity index (χ1v) is 6.58. The molecule has 0 aromatic rings. The Morgan fingerprint density at radius 2 is 1.78 bits per heavy atom. The second kappa shape index (κ2) is 8.91. The van der Waals surface area contributed by atoms with Gasteiger partial charge in [-0.2, -0.15) is 0 Å². The highest BCUT2D eigenvalue weighted by atomic mass is 16.5. The monoisotopic (exact) mass is 256 g/mol. The van der Waals surface area contributed by atoms with Gasteiger partial charge in [0, 0.05) is 13.0 Å². The van der Waals surface area contributed by atoms with Gasteiger partial charge in [-0.25, -0.2) is 0 Å². The topological polar surface area (TPSA) is 78.6 Å². The summed E-state index contributed by atoms with van der Waals surface area (Å²) in [4.78, 5) is 22.6. The van der Waals surface area contributed by atoms with Crippen molar-refractivity contribution in [3.63, 3.8) is 0 Å². The van der Waals surface area contributed by atoms with Crippen molar-refractivity contribution >= 4 is 11.9 Å². The van der Waals surface area contributed by atoms with Crippen LogP contribution >= 0.6 is 0 Å². The van der Waals surface area contributed by atoms with Gasteiger partial charge in [-0.05, 0) is 12.8 Å². The zero-order chi connectivity index (χ0) is 13.2. The first kappa shape index (κ1) is 15.0. The van der Waals surface area contributed by atoms with Gasteiger partial charge in [0.25, 0.3) is 0 Å². The van der Waals surface area contributed by atoms with Gasteiger partial charge in [0.1, 0.15) is 0 Å². The zero-order valence-corrected chi connectivity index (χ0v) is 10.7. The minimum absolute atomic E-state index is 0.0620. The zero-order valence-electron chi connectivity index (χ0n) is 10.7. The average molecular weight is 256 g/mol. The second-order valence-electron chi connectivity index (χ2n) is 4.48. The molecule has 0 atom stereocenters. The first-order chi connectivity index (χ1) is 8.74.